The maximum atomic E-state index is 14.6. The quantitative estimate of drug-likeness (QED) is 0.0650. The Balaban J connectivity index is 1.47. The van der Waals surface area contributed by atoms with Crippen LogP contribution >= 0.6 is 0 Å². The molecule has 1 aliphatic heterocycles. The molecule has 3 aliphatic carbocycles. The first-order valence-electron chi connectivity index (χ1n) is 21.8. The van der Waals surface area contributed by atoms with Crippen LogP contribution in [0.25, 0.3) is 0 Å². The molecule has 2 aromatic carbocycles. The molecule has 0 aromatic heterocycles. The minimum atomic E-state index is -1.30. The minimum Gasteiger partial charge on any atom is -0.459 e. The van der Waals surface area contributed by atoms with Crippen molar-refractivity contribution < 1.29 is 38.9 Å². The van der Waals surface area contributed by atoms with E-state index in [2.05, 4.69) is 30.1 Å². The first-order valence-corrected chi connectivity index (χ1v) is 21.8. The summed E-state index contributed by atoms with van der Waals surface area (Å²) in [5.41, 5.74) is 3.61. The second-order valence-electron chi connectivity index (χ2n) is 16.5. The molecule has 2 fully saturated rings. The smallest absolute Gasteiger partial charge is 0.412 e. The highest BCUT2D eigenvalue weighted by atomic mass is 16.7. The van der Waals surface area contributed by atoms with Crippen LogP contribution in [0.5, 0.6) is 11.5 Å². The Morgan fingerprint density at radius 2 is 1.79 bits per heavy atom. The lowest BCUT2D eigenvalue weighted by Crippen LogP contribution is -2.70. The summed E-state index contributed by atoms with van der Waals surface area (Å²) in [6.07, 6.45) is 15.5. The van der Waals surface area contributed by atoms with Crippen LogP contribution in [0.1, 0.15) is 114 Å². The Kier molecular flexibility index (Phi) is 15.8. The fourth-order valence-corrected chi connectivity index (χ4v) is 10.2. The van der Waals surface area contributed by atoms with E-state index < -0.39 is 23.8 Å². The summed E-state index contributed by atoms with van der Waals surface area (Å²) < 4.78 is 20.3. The van der Waals surface area contributed by atoms with Gasteiger partial charge in [0.25, 0.3) is 0 Å². The van der Waals surface area contributed by atoms with Crippen LogP contribution in [-0.2, 0) is 20.9 Å². The number of benzene rings is 2. The van der Waals surface area contributed by atoms with Gasteiger partial charge in [-0.3, -0.25) is 4.79 Å². The van der Waals surface area contributed by atoms with Gasteiger partial charge in [-0.15, -0.1) is 6.58 Å². The highest BCUT2D eigenvalue weighted by molar-refractivity contribution is 6.03. The Hall–Kier alpha value is -4.19. The van der Waals surface area contributed by atoms with Crippen LogP contribution in [0.15, 0.2) is 78.0 Å². The minimum absolute atomic E-state index is 0.0655. The van der Waals surface area contributed by atoms with Crippen LogP contribution in [-0.4, -0.2) is 78.1 Å². The molecular formula is C47H65N3O8. The van der Waals surface area contributed by atoms with Gasteiger partial charge in [-0.05, 0) is 85.6 Å². The van der Waals surface area contributed by atoms with E-state index in [4.69, 9.17) is 19.0 Å². The summed E-state index contributed by atoms with van der Waals surface area (Å²) in [4.78, 5) is 35.3. The maximum Gasteiger partial charge on any atom is 0.412 e. The van der Waals surface area contributed by atoms with Gasteiger partial charge in [-0.2, -0.15) is 0 Å². The number of rotatable bonds is 21. The number of hydrogen-bond acceptors (Lipinski definition) is 9. The first-order chi connectivity index (χ1) is 28.4. The van der Waals surface area contributed by atoms with Crippen molar-refractivity contribution in [2.75, 3.05) is 33.5 Å². The van der Waals surface area contributed by atoms with Gasteiger partial charge in [0.15, 0.2) is 0 Å². The van der Waals surface area contributed by atoms with Crippen LogP contribution in [0.4, 0.5) is 4.79 Å². The molecule has 6 atom stereocenters. The molecule has 6 rings (SSSR count). The average Bonchev–Trinajstić information content (AvgIpc) is 3.77. The van der Waals surface area contributed by atoms with Crippen molar-refractivity contribution in [2.24, 2.45) is 28.8 Å². The number of amides is 2. The van der Waals surface area contributed by atoms with E-state index >= 15 is 0 Å². The summed E-state index contributed by atoms with van der Waals surface area (Å²) in [6, 6.07) is 14.7. The molecule has 0 radical (unpaired) electrons. The summed E-state index contributed by atoms with van der Waals surface area (Å²) in [7, 11) is 1.56. The normalized spacial score (nSPS) is 25.6. The summed E-state index contributed by atoms with van der Waals surface area (Å²) in [5.74, 6) is -0.0722. The highest BCUT2D eigenvalue weighted by Gasteiger charge is 2.65. The summed E-state index contributed by atoms with van der Waals surface area (Å²) in [5, 5.41) is 27.3. The SMILES string of the molecule is C=CCO[C@@]12Oc3ccc(OC(=O)NCc4ccccc4)cc3[C@H]3[C@H](CCCCO)[C@@H](CCCCO)C=C(C(=NOC)C[C@@H]1N(CCC)C(=O)CCC1CCCC1)[C@H]32. The first kappa shape index (κ1) is 43.4. The lowest BCUT2D eigenvalue weighted by molar-refractivity contribution is -0.257. The molecule has 58 heavy (non-hydrogen) atoms. The fourth-order valence-electron chi connectivity index (χ4n) is 10.2. The van der Waals surface area contributed by atoms with Crippen molar-refractivity contribution in [1.29, 1.82) is 0 Å². The largest absolute Gasteiger partial charge is 0.459 e. The number of carbonyl (C=O) groups is 2. The second-order valence-corrected chi connectivity index (χ2v) is 16.5. The lowest BCUT2D eigenvalue weighted by Gasteiger charge is -2.60. The molecule has 1 heterocycles. The van der Waals surface area contributed by atoms with E-state index in [1.54, 1.807) is 19.3 Å². The summed E-state index contributed by atoms with van der Waals surface area (Å²) in [6.45, 7) is 7.41. The van der Waals surface area contributed by atoms with E-state index in [0.29, 0.717) is 56.2 Å². The van der Waals surface area contributed by atoms with Crippen molar-refractivity contribution in [3.63, 3.8) is 0 Å². The molecule has 316 valence electrons. The second kappa shape index (κ2) is 21.2. The topological polar surface area (TPSA) is 139 Å². The van der Waals surface area contributed by atoms with Gasteiger partial charge in [0, 0.05) is 50.6 Å². The maximum absolute atomic E-state index is 14.6. The number of nitrogens with zero attached hydrogens (tertiary/aromatic N) is 2. The third-order valence-electron chi connectivity index (χ3n) is 12.7. The summed E-state index contributed by atoms with van der Waals surface area (Å²) >= 11 is 0. The number of allylic oxidation sites excluding steroid dienone is 1. The third-order valence-corrected chi connectivity index (χ3v) is 12.7. The molecule has 0 spiro atoms. The Bertz CT molecular complexity index is 1730. The predicted molar refractivity (Wildman–Crippen MR) is 224 cm³/mol. The van der Waals surface area contributed by atoms with Crippen molar-refractivity contribution in [2.45, 2.75) is 121 Å². The number of unbranched alkanes of at least 4 members (excludes halogenated alkanes) is 2. The van der Waals surface area contributed by atoms with E-state index in [0.717, 1.165) is 60.9 Å². The van der Waals surface area contributed by atoms with Crippen molar-refractivity contribution in [3.8, 4) is 11.5 Å². The molecule has 11 heteroatoms. The molecule has 3 N–H and O–H groups in total. The van der Waals surface area contributed by atoms with Crippen molar-refractivity contribution >= 4 is 17.7 Å². The number of aliphatic hydroxyl groups excluding tert-OH is 2. The zero-order valence-corrected chi connectivity index (χ0v) is 34.6. The predicted octanol–water partition coefficient (Wildman–Crippen LogP) is 8.45. The van der Waals surface area contributed by atoms with Gasteiger partial charge in [0.05, 0.1) is 18.2 Å². The van der Waals surface area contributed by atoms with Gasteiger partial charge in [0.2, 0.25) is 11.7 Å². The zero-order chi connectivity index (χ0) is 40.9. The Labute approximate surface area is 344 Å². The van der Waals surface area contributed by atoms with Gasteiger partial charge in [0.1, 0.15) is 24.7 Å². The van der Waals surface area contributed by atoms with Gasteiger partial charge in [-0.1, -0.05) is 93.1 Å². The molecule has 2 aromatic rings. The molecule has 4 aliphatic rings. The number of hydrogen-bond donors (Lipinski definition) is 3. The van der Waals surface area contributed by atoms with Crippen LogP contribution in [0.2, 0.25) is 0 Å². The molecule has 2 saturated carbocycles. The van der Waals surface area contributed by atoms with Gasteiger partial charge < -0.3 is 39.5 Å². The van der Waals surface area contributed by atoms with Crippen LogP contribution in [0, 0.1) is 23.7 Å². The average molecular weight is 800 g/mol. The van der Waals surface area contributed by atoms with Crippen LogP contribution in [0.3, 0.4) is 0 Å². The van der Waals surface area contributed by atoms with Gasteiger partial charge >= 0.3 is 6.09 Å². The molecule has 11 nitrogen and oxygen atoms in total. The van der Waals surface area contributed by atoms with E-state index in [9.17, 15) is 19.8 Å². The third kappa shape index (κ3) is 9.97. The number of aliphatic hydroxyl groups is 2. The molecule has 0 saturated heterocycles. The Morgan fingerprint density at radius 1 is 1.03 bits per heavy atom. The van der Waals surface area contributed by atoms with Crippen molar-refractivity contribution in [1.82, 2.24) is 10.2 Å². The number of oxime groups is 1. The molecule has 0 bridgehead atoms. The highest BCUT2D eigenvalue weighted by Crippen LogP contribution is 2.62. The standard InChI is InChI=1S/C47H65N3O8/c1-4-25-50(43(53)24-21-33-15-9-10-16-33)42-31-40(49-55-3)38-29-35(19-11-13-26-51)37(20-12-14-27-52)44-39-30-36(57-46(54)48-32-34-17-7-6-8-18-34)22-23-41(39)58-47(42,45(38)44)56-28-5-2/h5-8,17-18,22-23,29-30,33,35,37,42,44-45,51-52H,2,4,9-16,19-21,24-28,31-32H2,1,3H3,(H,48,54)/t35-,37+,42-,44+,45+,47+/m0/s1. The number of ether oxygens (including phenoxy) is 3. The van der Waals surface area contributed by atoms with E-state index in [-0.39, 0.29) is 43.5 Å². The number of carbonyl (C=O) groups excluding carboxylic acids is 2. The van der Waals surface area contributed by atoms with Crippen LogP contribution < -0.4 is 14.8 Å². The number of nitrogens with one attached hydrogen (secondary N) is 1. The lowest BCUT2D eigenvalue weighted by atomic mass is 9.55. The zero-order valence-electron chi connectivity index (χ0n) is 34.6. The monoisotopic (exact) mass is 799 g/mol. The van der Waals surface area contributed by atoms with Crippen molar-refractivity contribution in [3.05, 3.63) is 84.0 Å². The number of fused-ring (bicyclic) bond motifs is 2. The van der Waals surface area contributed by atoms with E-state index in [1.165, 1.54) is 25.7 Å². The molecule has 2 amide bonds. The Morgan fingerprint density at radius 3 is 2.50 bits per heavy atom. The van der Waals surface area contributed by atoms with E-state index in [1.807, 2.05) is 47.4 Å². The van der Waals surface area contributed by atoms with Gasteiger partial charge in [-0.25, -0.2) is 4.79 Å². The fraction of sp³-hybridized carbons (Fsp3) is 0.596. The molecule has 0 unspecified atom stereocenters. The molecular weight excluding hydrogens is 735 g/mol.